The van der Waals surface area contributed by atoms with Crippen molar-refractivity contribution in [3.63, 3.8) is 0 Å². The first-order valence-electron chi connectivity index (χ1n) is 8.06. The molecule has 0 atom stereocenters. The fraction of sp³-hybridized carbons (Fsp3) is 0.333. The third-order valence-electron chi connectivity index (χ3n) is 3.91. The van der Waals surface area contributed by atoms with Crippen LogP contribution in [-0.4, -0.2) is 54.3 Å². The van der Waals surface area contributed by atoms with Gasteiger partial charge in [0.25, 0.3) is 11.8 Å². The predicted octanol–water partition coefficient (Wildman–Crippen LogP) is 2.97. The summed E-state index contributed by atoms with van der Waals surface area (Å²) in [6.45, 7) is 4.36. The number of hydrogen-bond donors (Lipinski definition) is 1. The molecule has 2 amide bonds. The van der Waals surface area contributed by atoms with E-state index in [-0.39, 0.29) is 5.06 Å². The van der Waals surface area contributed by atoms with Crippen molar-refractivity contribution in [1.82, 2.24) is 5.06 Å². The monoisotopic (exact) mass is 361 g/mol. The molecule has 0 aromatic heterocycles. The Bertz CT molecular complexity index is 785. The standard InChI is InChI=1S/C18H19NO5S/c1-2-23-8-9-24-10-11-25-15-7-6-14-16-12(15)4-3-5-13(16)17(20)19(22)18(14)21/h3-7,22H,2,8-11H2,1H3. The highest BCUT2D eigenvalue weighted by atomic mass is 32.2. The number of nitrogens with zero attached hydrogens (tertiary/aromatic N) is 1. The highest BCUT2D eigenvalue weighted by Crippen LogP contribution is 2.35. The Morgan fingerprint density at radius 3 is 2.48 bits per heavy atom. The van der Waals surface area contributed by atoms with Crippen LogP contribution in [-0.2, 0) is 9.47 Å². The van der Waals surface area contributed by atoms with E-state index in [0.717, 1.165) is 16.0 Å². The molecule has 0 aliphatic carbocycles. The molecule has 0 spiro atoms. The van der Waals surface area contributed by atoms with Gasteiger partial charge in [0.2, 0.25) is 0 Å². The predicted molar refractivity (Wildman–Crippen MR) is 94.3 cm³/mol. The highest BCUT2D eigenvalue weighted by Gasteiger charge is 2.32. The van der Waals surface area contributed by atoms with Crippen molar-refractivity contribution < 1.29 is 24.3 Å². The SMILES string of the molecule is CCOCCOCCSc1ccc2c3c(cccc13)C(=O)N(O)C2=O. The topological polar surface area (TPSA) is 76.1 Å². The summed E-state index contributed by atoms with van der Waals surface area (Å²) < 4.78 is 10.7. The van der Waals surface area contributed by atoms with Gasteiger partial charge in [-0.05, 0) is 30.5 Å². The maximum absolute atomic E-state index is 12.1. The molecular formula is C18H19NO5S. The van der Waals surface area contributed by atoms with Crippen molar-refractivity contribution in [1.29, 1.82) is 0 Å². The largest absolute Gasteiger partial charge is 0.379 e. The van der Waals surface area contributed by atoms with Crippen LogP contribution < -0.4 is 0 Å². The van der Waals surface area contributed by atoms with E-state index in [0.29, 0.717) is 42.9 Å². The second-order valence-electron chi connectivity index (χ2n) is 5.42. The van der Waals surface area contributed by atoms with E-state index >= 15 is 0 Å². The molecule has 1 heterocycles. The molecule has 0 saturated heterocycles. The molecule has 2 aromatic rings. The van der Waals surface area contributed by atoms with Gasteiger partial charge in [0, 0.05) is 22.6 Å². The molecule has 0 radical (unpaired) electrons. The quantitative estimate of drug-likeness (QED) is 0.337. The van der Waals surface area contributed by atoms with Crippen LogP contribution in [0.2, 0.25) is 0 Å². The summed E-state index contributed by atoms with van der Waals surface area (Å²) in [7, 11) is 0. The minimum atomic E-state index is -0.690. The Morgan fingerprint density at radius 2 is 1.72 bits per heavy atom. The number of hydrogen-bond acceptors (Lipinski definition) is 6. The molecule has 6 nitrogen and oxygen atoms in total. The summed E-state index contributed by atoms with van der Waals surface area (Å²) in [5.74, 6) is -0.632. The third kappa shape index (κ3) is 3.55. The maximum Gasteiger partial charge on any atom is 0.285 e. The van der Waals surface area contributed by atoms with Crippen LogP contribution in [0.4, 0.5) is 0 Å². The molecule has 0 bridgehead atoms. The van der Waals surface area contributed by atoms with Gasteiger partial charge in [-0.25, -0.2) is 0 Å². The molecule has 2 aromatic carbocycles. The summed E-state index contributed by atoms with van der Waals surface area (Å²) in [4.78, 5) is 25.2. The average molecular weight is 361 g/mol. The van der Waals surface area contributed by atoms with Gasteiger partial charge >= 0.3 is 0 Å². The third-order valence-corrected chi connectivity index (χ3v) is 4.95. The zero-order valence-corrected chi connectivity index (χ0v) is 14.7. The van der Waals surface area contributed by atoms with Gasteiger partial charge in [-0.2, -0.15) is 0 Å². The minimum Gasteiger partial charge on any atom is -0.379 e. The van der Waals surface area contributed by atoms with Crippen molar-refractivity contribution in [2.24, 2.45) is 0 Å². The van der Waals surface area contributed by atoms with E-state index in [4.69, 9.17) is 9.47 Å². The van der Waals surface area contributed by atoms with Gasteiger partial charge in [-0.15, -0.1) is 16.8 Å². The maximum atomic E-state index is 12.1. The number of hydroxylamine groups is 2. The number of carbonyl (C=O) groups is 2. The first kappa shape index (κ1) is 17.9. The smallest absolute Gasteiger partial charge is 0.285 e. The Balaban J connectivity index is 1.77. The van der Waals surface area contributed by atoms with E-state index in [1.807, 2.05) is 19.1 Å². The molecule has 1 N–H and O–H groups in total. The molecule has 1 aliphatic heterocycles. The Kier molecular flexibility index (Phi) is 5.70. The molecule has 7 heteroatoms. The van der Waals surface area contributed by atoms with Gasteiger partial charge in [0.15, 0.2) is 0 Å². The average Bonchev–Trinajstić information content (AvgIpc) is 2.64. The van der Waals surface area contributed by atoms with Gasteiger partial charge in [-0.1, -0.05) is 12.1 Å². The summed E-state index contributed by atoms with van der Waals surface area (Å²) in [6, 6.07) is 8.75. The minimum absolute atomic E-state index is 0.177. The van der Waals surface area contributed by atoms with Crippen LogP contribution in [0, 0.1) is 0 Å². The summed E-state index contributed by atoms with van der Waals surface area (Å²) in [6.07, 6.45) is 0. The Labute approximate surface area is 149 Å². The first-order valence-corrected chi connectivity index (χ1v) is 9.05. The van der Waals surface area contributed by atoms with E-state index in [1.54, 1.807) is 30.0 Å². The Hall–Kier alpha value is -1.93. The fourth-order valence-corrected chi connectivity index (χ4v) is 3.67. The van der Waals surface area contributed by atoms with Crippen LogP contribution in [0.1, 0.15) is 27.6 Å². The number of benzene rings is 2. The van der Waals surface area contributed by atoms with Crippen LogP contribution >= 0.6 is 11.8 Å². The second kappa shape index (κ2) is 7.97. The van der Waals surface area contributed by atoms with Crippen molar-refractivity contribution >= 4 is 34.3 Å². The molecule has 25 heavy (non-hydrogen) atoms. The van der Waals surface area contributed by atoms with Crippen molar-refractivity contribution in [2.45, 2.75) is 11.8 Å². The molecule has 0 fully saturated rings. The normalized spacial score (nSPS) is 13.8. The van der Waals surface area contributed by atoms with Crippen LogP contribution in [0.5, 0.6) is 0 Å². The van der Waals surface area contributed by atoms with Crippen molar-refractivity contribution in [3.05, 3.63) is 41.5 Å². The first-order chi connectivity index (χ1) is 12.1. The van der Waals surface area contributed by atoms with Crippen LogP contribution in [0.15, 0.2) is 35.2 Å². The molecular weight excluding hydrogens is 342 g/mol. The second-order valence-corrected chi connectivity index (χ2v) is 6.56. The summed E-state index contributed by atoms with van der Waals surface area (Å²) in [5, 5.41) is 11.3. The Morgan fingerprint density at radius 1 is 1.00 bits per heavy atom. The highest BCUT2D eigenvalue weighted by molar-refractivity contribution is 7.99. The zero-order chi connectivity index (χ0) is 17.8. The number of ether oxygens (including phenoxy) is 2. The number of imide groups is 1. The van der Waals surface area contributed by atoms with Gasteiger partial charge < -0.3 is 9.47 Å². The number of thioether (sulfide) groups is 1. The van der Waals surface area contributed by atoms with E-state index in [1.165, 1.54) is 0 Å². The lowest BCUT2D eigenvalue weighted by Crippen LogP contribution is -2.37. The lowest BCUT2D eigenvalue weighted by Gasteiger charge is -2.22. The molecule has 1 aliphatic rings. The van der Waals surface area contributed by atoms with E-state index in [9.17, 15) is 14.8 Å². The fourth-order valence-electron chi connectivity index (χ4n) is 2.76. The van der Waals surface area contributed by atoms with Gasteiger partial charge in [-0.3, -0.25) is 14.8 Å². The lowest BCUT2D eigenvalue weighted by atomic mass is 9.95. The van der Waals surface area contributed by atoms with Gasteiger partial charge in [0.05, 0.1) is 30.9 Å². The number of carbonyl (C=O) groups excluding carboxylic acids is 2. The van der Waals surface area contributed by atoms with E-state index < -0.39 is 11.8 Å². The zero-order valence-electron chi connectivity index (χ0n) is 13.9. The molecule has 0 saturated carbocycles. The lowest BCUT2D eigenvalue weighted by molar-refractivity contribution is -0.0377. The van der Waals surface area contributed by atoms with Crippen LogP contribution in [0.3, 0.4) is 0 Å². The number of amides is 2. The van der Waals surface area contributed by atoms with Crippen molar-refractivity contribution in [3.8, 4) is 0 Å². The summed E-state index contributed by atoms with van der Waals surface area (Å²) in [5.41, 5.74) is 0.676. The van der Waals surface area contributed by atoms with Crippen LogP contribution in [0.25, 0.3) is 10.8 Å². The molecule has 0 unspecified atom stereocenters. The van der Waals surface area contributed by atoms with Gasteiger partial charge in [0.1, 0.15) is 0 Å². The molecule has 3 rings (SSSR count). The number of rotatable bonds is 8. The summed E-state index contributed by atoms with van der Waals surface area (Å²) >= 11 is 1.60. The van der Waals surface area contributed by atoms with Crippen molar-refractivity contribution in [2.75, 3.05) is 32.2 Å². The molecule has 132 valence electrons. The van der Waals surface area contributed by atoms with E-state index in [2.05, 4.69) is 0 Å².